The van der Waals surface area contributed by atoms with Crippen molar-refractivity contribution >= 4 is 40.6 Å². The minimum absolute atomic E-state index is 0. The van der Waals surface area contributed by atoms with Crippen LogP contribution in [-0.2, 0) is 6.42 Å². The quantitative estimate of drug-likeness (QED) is 0.675. The maximum absolute atomic E-state index is 13.0. The molecule has 0 unspecified atom stereocenters. The van der Waals surface area contributed by atoms with E-state index in [0.29, 0.717) is 22.0 Å². The number of likely N-dealkylation sites (tertiary alicyclic amines) is 1. The van der Waals surface area contributed by atoms with Crippen LogP contribution in [0.4, 0.5) is 5.00 Å². The number of piperidine rings is 1. The summed E-state index contributed by atoms with van der Waals surface area (Å²) < 4.78 is 0. The highest BCUT2D eigenvalue weighted by atomic mass is 35.5. The van der Waals surface area contributed by atoms with E-state index in [-0.39, 0.29) is 24.2 Å². The number of halogens is 1. The van der Waals surface area contributed by atoms with Crippen LogP contribution in [0.3, 0.4) is 0 Å². The molecule has 2 N–H and O–H groups in total. The molecule has 5 nitrogen and oxygen atoms in total. The fourth-order valence-corrected chi connectivity index (χ4v) is 4.36. The van der Waals surface area contributed by atoms with Gasteiger partial charge in [-0.3, -0.25) is 9.59 Å². The van der Waals surface area contributed by atoms with Crippen molar-refractivity contribution in [3.05, 3.63) is 52.4 Å². The molecular weight excluding hydrogens is 406 g/mol. The number of nitrogens with one attached hydrogen (secondary N) is 2. The molecule has 2 amide bonds. The molecule has 1 aromatic carbocycles. The summed E-state index contributed by atoms with van der Waals surface area (Å²) in [6.07, 6.45) is 4.19. The monoisotopic (exact) mass is 435 g/mol. The average molecular weight is 436 g/mol. The van der Waals surface area contributed by atoms with Gasteiger partial charge in [-0.25, -0.2) is 0 Å². The Morgan fingerprint density at radius 1 is 1.14 bits per heavy atom. The molecule has 1 saturated heterocycles. The molecule has 0 aliphatic carbocycles. The summed E-state index contributed by atoms with van der Waals surface area (Å²) in [6.45, 7) is 4.69. The first-order valence-electron chi connectivity index (χ1n) is 10.0. The third-order valence-corrected chi connectivity index (χ3v) is 6.28. The molecule has 7 heteroatoms. The molecule has 3 rings (SSSR count). The fraction of sp³-hybridized carbons (Fsp3) is 0.455. The van der Waals surface area contributed by atoms with Gasteiger partial charge in [0.25, 0.3) is 11.8 Å². The van der Waals surface area contributed by atoms with Gasteiger partial charge in [0.15, 0.2) is 0 Å². The average Bonchev–Trinajstić information content (AvgIpc) is 3.20. The van der Waals surface area contributed by atoms with E-state index in [9.17, 15) is 9.59 Å². The highest BCUT2D eigenvalue weighted by Gasteiger charge is 2.26. The zero-order chi connectivity index (χ0) is 19.9. The summed E-state index contributed by atoms with van der Waals surface area (Å²) in [5, 5.41) is 8.62. The molecule has 2 aromatic rings. The number of carbonyl (C=O) groups excluding carboxylic acids is 2. The molecule has 2 heterocycles. The Hall–Kier alpha value is -1.89. The molecule has 1 aliphatic rings. The van der Waals surface area contributed by atoms with Crippen molar-refractivity contribution in [1.82, 2.24) is 10.2 Å². The van der Waals surface area contributed by atoms with Crippen molar-refractivity contribution in [2.45, 2.75) is 32.6 Å². The minimum atomic E-state index is -0.176. The molecule has 1 fully saturated rings. The number of nitrogens with zero attached hydrogens (tertiary/aromatic N) is 1. The highest BCUT2D eigenvalue weighted by Crippen LogP contribution is 2.28. The summed E-state index contributed by atoms with van der Waals surface area (Å²) in [7, 11) is 1.98. The lowest BCUT2D eigenvalue weighted by molar-refractivity contribution is 0.0688. The smallest absolute Gasteiger partial charge is 0.256 e. The summed E-state index contributed by atoms with van der Waals surface area (Å²) >= 11 is 1.40. The Kier molecular flexibility index (Phi) is 9.14. The van der Waals surface area contributed by atoms with E-state index >= 15 is 0 Å². The van der Waals surface area contributed by atoms with Crippen LogP contribution in [0, 0.1) is 5.92 Å². The van der Waals surface area contributed by atoms with Gasteiger partial charge in [-0.1, -0.05) is 19.1 Å². The number of thiophene rings is 1. The molecule has 0 saturated carbocycles. The van der Waals surface area contributed by atoms with Gasteiger partial charge >= 0.3 is 0 Å². The normalized spacial score (nSPS) is 14.3. The van der Waals surface area contributed by atoms with Gasteiger partial charge in [-0.15, -0.1) is 23.7 Å². The second-order valence-corrected chi connectivity index (χ2v) is 8.21. The van der Waals surface area contributed by atoms with Crippen molar-refractivity contribution < 1.29 is 9.59 Å². The number of carbonyl (C=O) groups is 2. The van der Waals surface area contributed by atoms with Crippen molar-refractivity contribution in [2.24, 2.45) is 5.92 Å². The molecule has 0 bridgehead atoms. The fourth-order valence-electron chi connectivity index (χ4n) is 3.59. The van der Waals surface area contributed by atoms with Gasteiger partial charge in [0.05, 0.1) is 5.56 Å². The summed E-state index contributed by atoms with van der Waals surface area (Å²) in [4.78, 5) is 27.5. The molecule has 158 valence electrons. The van der Waals surface area contributed by atoms with Gasteiger partial charge in [0.1, 0.15) is 5.00 Å². The number of aryl methyl sites for hydroxylation is 1. The van der Waals surface area contributed by atoms with Crippen LogP contribution in [0.2, 0.25) is 0 Å². The van der Waals surface area contributed by atoms with E-state index in [2.05, 4.69) is 17.6 Å². The first kappa shape index (κ1) is 23.4. The number of anilines is 1. The van der Waals surface area contributed by atoms with E-state index in [0.717, 1.165) is 45.3 Å². The standard InChI is InChI=1S/C22H29N3O2S.ClH/c1-3-16-4-6-18(7-5-16)20(26)24-21-19(11-15-28-21)22(27)25-13-9-17(10-14-25)8-12-23-2;/h4-7,11,15,17,23H,3,8-10,12-14H2,1-2H3,(H,24,26);1H. The largest absolute Gasteiger partial charge is 0.339 e. The van der Waals surface area contributed by atoms with Gasteiger partial charge in [-0.2, -0.15) is 0 Å². The first-order valence-corrected chi connectivity index (χ1v) is 10.9. The van der Waals surface area contributed by atoms with Crippen LogP contribution in [0.1, 0.15) is 52.5 Å². The number of benzene rings is 1. The van der Waals surface area contributed by atoms with Crippen molar-refractivity contribution in [3.8, 4) is 0 Å². The van der Waals surface area contributed by atoms with Crippen molar-refractivity contribution in [2.75, 3.05) is 32.0 Å². The maximum Gasteiger partial charge on any atom is 0.256 e. The van der Waals surface area contributed by atoms with Crippen LogP contribution < -0.4 is 10.6 Å². The Bertz CT molecular complexity index is 799. The van der Waals surface area contributed by atoms with Gasteiger partial charge < -0.3 is 15.5 Å². The van der Waals surface area contributed by atoms with Crippen LogP contribution in [-0.4, -0.2) is 43.4 Å². The second kappa shape index (κ2) is 11.3. The molecule has 0 radical (unpaired) electrons. The third-order valence-electron chi connectivity index (χ3n) is 5.45. The van der Waals surface area contributed by atoms with Gasteiger partial charge in [0, 0.05) is 18.7 Å². The Balaban J connectivity index is 0.00000300. The van der Waals surface area contributed by atoms with E-state index < -0.39 is 0 Å². The summed E-state index contributed by atoms with van der Waals surface area (Å²) in [5.41, 5.74) is 2.40. The van der Waals surface area contributed by atoms with Crippen LogP contribution in [0.25, 0.3) is 0 Å². The molecule has 0 atom stereocenters. The lowest BCUT2D eigenvalue weighted by Crippen LogP contribution is -2.39. The lowest BCUT2D eigenvalue weighted by atomic mass is 9.93. The molecule has 29 heavy (non-hydrogen) atoms. The van der Waals surface area contributed by atoms with Crippen LogP contribution in [0.15, 0.2) is 35.7 Å². The lowest BCUT2D eigenvalue weighted by Gasteiger charge is -2.32. The Morgan fingerprint density at radius 3 is 2.45 bits per heavy atom. The second-order valence-electron chi connectivity index (χ2n) is 7.30. The predicted molar refractivity (Wildman–Crippen MR) is 123 cm³/mol. The zero-order valence-electron chi connectivity index (χ0n) is 17.1. The van der Waals surface area contributed by atoms with Crippen LogP contribution >= 0.6 is 23.7 Å². The number of amides is 2. The van der Waals surface area contributed by atoms with Crippen molar-refractivity contribution in [1.29, 1.82) is 0 Å². The zero-order valence-corrected chi connectivity index (χ0v) is 18.7. The van der Waals surface area contributed by atoms with Crippen molar-refractivity contribution in [3.63, 3.8) is 0 Å². The SMILES string of the molecule is CCc1ccc(C(=O)Nc2sccc2C(=O)N2CCC(CCNC)CC2)cc1.Cl. The highest BCUT2D eigenvalue weighted by molar-refractivity contribution is 7.14. The van der Waals surface area contributed by atoms with Crippen LogP contribution in [0.5, 0.6) is 0 Å². The van der Waals surface area contributed by atoms with E-state index in [1.165, 1.54) is 16.9 Å². The Morgan fingerprint density at radius 2 is 1.83 bits per heavy atom. The molecule has 1 aliphatic heterocycles. The molecular formula is C22H30ClN3O2S. The topological polar surface area (TPSA) is 61.4 Å². The number of hydrogen-bond acceptors (Lipinski definition) is 4. The molecule has 0 spiro atoms. The minimum Gasteiger partial charge on any atom is -0.339 e. The van der Waals surface area contributed by atoms with Gasteiger partial charge in [-0.05, 0) is 74.3 Å². The number of rotatable bonds is 7. The maximum atomic E-state index is 13.0. The summed E-state index contributed by atoms with van der Waals surface area (Å²) in [5.74, 6) is 0.527. The predicted octanol–water partition coefficient (Wildman–Crippen LogP) is 4.45. The third kappa shape index (κ3) is 6.04. The number of hydrogen-bond donors (Lipinski definition) is 2. The van der Waals surface area contributed by atoms with E-state index in [1.54, 1.807) is 0 Å². The molecule has 1 aromatic heterocycles. The first-order chi connectivity index (χ1) is 13.6. The van der Waals surface area contributed by atoms with E-state index in [4.69, 9.17) is 0 Å². The van der Waals surface area contributed by atoms with Gasteiger partial charge in [0.2, 0.25) is 0 Å². The summed E-state index contributed by atoms with van der Waals surface area (Å²) in [6, 6.07) is 9.41. The van der Waals surface area contributed by atoms with E-state index in [1.807, 2.05) is 47.7 Å². The Labute approximate surface area is 183 Å².